The van der Waals surface area contributed by atoms with E-state index >= 15 is 0 Å². The smallest absolute Gasteiger partial charge is 0.111 e. The van der Waals surface area contributed by atoms with Crippen molar-refractivity contribution in [3.63, 3.8) is 0 Å². The van der Waals surface area contributed by atoms with Crippen molar-refractivity contribution in [2.45, 2.75) is 32.1 Å². The van der Waals surface area contributed by atoms with E-state index in [1.807, 2.05) is 43.3 Å². The van der Waals surface area contributed by atoms with E-state index in [4.69, 9.17) is 4.42 Å². The minimum Gasteiger partial charge on any atom is -0.466 e. The molecule has 20 heavy (non-hydrogen) atoms. The third-order valence-electron chi connectivity index (χ3n) is 3.63. The molecule has 1 aromatic carbocycles. The zero-order valence-corrected chi connectivity index (χ0v) is 11.7. The number of rotatable bonds is 1. The molecule has 1 aliphatic rings. The molecule has 1 atom stereocenters. The quantitative estimate of drug-likeness (QED) is 0.671. The standard InChI is InChI=1S/C19H18O/c1-15-10-13-19(20-15)18-9-5-8-17(14-18)12-11-16-6-3-2-4-7-16/h2-4,6-7,10,13-14,18H,5,8-9H2,1H3. The van der Waals surface area contributed by atoms with Crippen LogP contribution < -0.4 is 0 Å². The molecule has 0 saturated carbocycles. The maximum Gasteiger partial charge on any atom is 0.111 e. The van der Waals surface area contributed by atoms with E-state index in [1.165, 1.54) is 12.0 Å². The topological polar surface area (TPSA) is 13.1 Å². The van der Waals surface area contributed by atoms with Gasteiger partial charge in [0.25, 0.3) is 0 Å². The van der Waals surface area contributed by atoms with Gasteiger partial charge in [-0.2, -0.15) is 0 Å². The Morgan fingerprint density at radius 3 is 2.65 bits per heavy atom. The molecule has 0 radical (unpaired) electrons. The third kappa shape index (κ3) is 3.03. The van der Waals surface area contributed by atoms with Crippen LogP contribution >= 0.6 is 0 Å². The summed E-state index contributed by atoms with van der Waals surface area (Å²) in [5.41, 5.74) is 2.31. The van der Waals surface area contributed by atoms with E-state index in [9.17, 15) is 0 Å². The fraction of sp³-hybridized carbons (Fsp3) is 0.263. The van der Waals surface area contributed by atoms with Gasteiger partial charge in [-0.25, -0.2) is 0 Å². The molecule has 100 valence electrons. The monoisotopic (exact) mass is 262 g/mol. The van der Waals surface area contributed by atoms with Gasteiger partial charge in [0.2, 0.25) is 0 Å². The lowest BCUT2D eigenvalue weighted by molar-refractivity contribution is 0.447. The Morgan fingerprint density at radius 2 is 1.90 bits per heavy atom. The van der Waals surface area contributed by atoms with Gasteiger partial charge >= 0.3 is 0 Å². The number of hydrogen-bond donors (Lipinski definition) is 0. The summed E-state index contributed by atoms with van der Waals surface area (Å²) in [6.45, 7) is 1.99. The van der Waals surface area contributed by atoms with E-state index in [-0.39, 0.29) is 0 Å². The van der Waals surface area contributed by atoms with Crippen LogP contribution in [0.5, 0.6) is 0 Å². The van der Waals surface area contributed by atoms with Crippen molar-refractivity contribution >= 4 is 0 Å². The van der Waals surface area contributed by atoms with Crippen LogP contribution in [0.2, 0.25) is 0 Å². The molecule has 3 rings (SSSR count). The molecular formula is C19H18O. The molecule has 0 fully saturated rings. The van der Waals surface area contributed by atoms with E-state index in [1.54, 1.807) is 0 Å². The SMILES string of the molecule is Cc1ccc(C2C=C(C#Cc3ccccc3)CCC2)o1. The van der Waals surface area contributed by atoms with Crippen molar-refractivity contribution < 1.29 is 4.42 Å². The summed E-state index contributed by atoms with van der Waals surface area (Å²) in [6, 6.07) is 14.3. The van der Waals surface area contributed by atoms with Gasteiger partial charge in [-0.15, -0.1) is 0 Å². The highest BCUT2D eigenvalue weighted by Crippen LogP contribution is 2.31. The molecule has 1 unspecified atom stereocenters. The summed E-state index contributed by atoms with van der Waals surface area (Å²) >= 11 is 0. The van der Waals surface area contributed by atoms with Crippen molar-refractivity contribution in [3.8, 4) is 11.8 Å². The van der Waals surface area contributed by atoms with Gasteiger partial charge in [0.15, 0.2) is 0 Å². The maximum atomic E-state index is 5.74. The van der Waals surface area contributed by atoms with Crippen LogP contribution in [0.1, 0.15) is 42.3 Å². The van der Waals surface area contributed by atoms with Crippen LogP contribution in [0.3, 0.4) is 0 Å². The fourth-order valence-electron chi connectivity index (χ4n) is 2.58. The van der Waals surface area contributed by atoms with Crippen LogP contribution in [-0.4, -0.2) is 0 Å². The Morgan fingerprint density at radius 1 is 1.05 bits per heavy atom. The second kappa shape index (κ2) is 5.84. The van der Waals surface area contributed by atoms with Gasteiger partial charge in [-0.1, -0.05) is 36.1 Å². The lowest BCUT2D eigenvalue weighted by Gasteiger charge is -2.16. The molecule has 1 heterocycles. The molecular weight excluding hydrogens is 244 g/mol. The Hall–Kier alpha value is -2.20. The Balaban J connectivity index is 1.80. The molecule has 1 nitrogen and oxygen atoms in total. The van der Waals surface area contributed by atoms with Gasteiger partial charge in [0.05, 0.1) is 0 Å². The summed E-state index contributed by atoms with van der Waals surface area (Å²) in [4.78, 5) is 0. The van der Waals surface area contributed by atoms with Crippen molar-refractivity contribution in [2.75, 3.05) is 0 Å². The molecule has 1 aliphatic carbocycles. The lowest BCUT2D eigenvalue weighted by atomic mass is 9.89. The predicted molar refractivity (Wildman–Crippen MR) is 81.4 cm³/mol. The highest BCUT2D eigenvalue weighted by Gasteiger charge is 2.17. The average Bonchev–Trinajstić information content (AvgIpc) is 2.93. The normalized spacial score (nSPS) is 18.1. The zero-order chi connectivity index (χ0) is 13.8. The Kier molecular flexibility index (Phi) is 3.74. The fourth-order valence-corrected chi connectivity index (χ4v) is 2.58. The average molecular weight is 262 g/mol. The summed E-state index contributed by atoms with van der Waals surface area (Å²) in [5.74, 6) is 9.00. The molecule has 0 bridgehead atoms. The molecule has 0 spiro atoms. The minimum atomic E-state index is 0.387. The molecule has 0 N–H and O–H groups in total. The number of furan rings is 1. The Bertz CT molecular complexity index is 665. The second-order valence-electron chi connectivity index (χ2n) is 5.26. The van der Waals surface area contributed by atoms with Crippen LogP contribution in [0.25, 0.3) is 0 Å². The van der Waals surface area contributed by atoms with Gasteiger partial charge in [-0.05, 0) is 56.0 Å². The largest absolute Gasteiger partial charge is 0.466 e. The molecule has 0 amide bonds. The van der Waals surface area contributed by atoms with Crippen molar-refractivity contribution in [1.82, 2.24) is 0 Å². The molecule has 0 saturated heterocycles. The van der Waals surface area contributed by atoms with E-state index < -0.39 is 0 Å². The highest BCUT2D eigenvalue weighted by molar-refractivity contribution is 5.42. The maximum absolute atomic E-state index is 5.74. The van der Waals surface area contributed by atoms with Gasteiger partial charge < -0.3 is 4.42 Å². The molecule has 2 aromatic rings. The first kappa shape index (κ1) is 12.8. The molecule has 1 aromatic heterocycles. The zero-order valence-electron chi connectivity index (χ0n) is 11.7. The first-order valence-electron chi connectivity index (χ1n) is 7.15. The Labute approximate surface area is 120 Å². The summed E-state index contributed by atoms with van der Waals surface area (Å²) in [5, 5.41) is 0. The van der Waals surface area contributed by atoms with E-state index in [0.717, 1.165) is 29.9 Å². The highest BCUT2D eigenvalue weighted by atomic mass is 16.3. The molecule has 0 aliphatic heterocycles. The van der Waals surface area contributed by atoms with E-state index in [0.29, 0.717) is 5.92 Å². The first-order chi connectivity index (χ1) is 9.81. The molecule has 1 heteroatoms. The number of allylic oxidation sites excluding steroid dienone is 2. The van der Waals surface area contributed by atoms with Gasteiger partial charge in [0, 0.05) is 11.5 Å². The van der Waals surface area contributed by atoms with Crippen LogP contribution in [0.4, 0.5) is 0 Å². The van der Waals surface area contributed by atoms with Crippen molar-refractivity contribution in [1.29, 1.82) is 0 Å². The number of aryl methyl sites for hydroxylation is 1. The van der Waals surface area contributed by atoms with Crippen LogP contribution in [0, 0.1) is 18.8 Å². The van der Waals surface area contributed by atoms with Crippen molar-refractivity contribution in [3.05, 3.63) is 71.2 Å². The summed E-state index contributed by atoms with van der Waals surface area (Å²) in [6.07, 6.45) is 5.69. The summed E-state index contributed by atoms with van der Waals surface area (Å²) in [7, 11) is 0. The second-order valence-corrected chi connectivity index (χ2v) is 5.26. The van der Waals surface area contributed by atoms with Crippen LogP contribution in [-0.2, 0) is 0 Å². The van der Waals surface area contributed by atoms with E-state index in [2.05, 4.69) is 24.0 Å². The van der Waals surface area contributed by atoms with Gasteiger partial charge in [-0.3, -0.25) is 0 Å². The lowest BCUT2D eigenvalue weighted by Crippen LogP contribution is -2.01. The van der Waals surface area contributed by atoms with Gasteiger partial charge in [0.1, 0.15) is 11.5 Å². The number of hydrogen-bond acceptors (Lipinski definition) is 1. The first-order valence-corrected chi connectivity index (χ1v) is 7.15. The van der Waals surface area contributed by atoms with Crippen molar-refractivity contribution in [2.24, 2.45) is 0 Å². The van der Waals surface area contributed by atoms with Crippen LogP contribution in [0.15, 0.2) is 58.5 Å². The summed E-state index contributed by atoms with van der Waals surface area (Å²) < 4.78 is 5.74. The third-order valence-corrected chi connectivity index (χ3v) is 3.63. The minimum absolute atomic E-state index is 0.387. The number of benzene rings is 1. The predicted octanol–water partition coefficient (Wildman–Crippen LogP) is 4.83.